The van der Waals surface area contributed by atoms with Crippen LogP contribution in [-0.4, -0.2) is 57.7 Å². The van der Waals surface area contributed by atoms with Crippen molar-refractivity contribution in [3.05, 3.63) is 18.6 Å². The van der Waals surface area contributed by atoms with Crippen molar-refractivity contribution in [3.63, 3.8) is 0 Å². The Labute approximate surface area is 142 Å². The molecule has 0 saturated carbocycles. The Bertz CT molecular complexity index is 713. The minimum atomic E-state index is -0.465. The van der Waals surface area contributed by atoms with Gasteiger partial charge in [0.25, 0.3) is 0 Å². The van der Waals surface area contributed by atoms with Crippen molar-refractivity contribution in [2.75, 3.05) is 25.0 Å². The van der Waals surface area contributed by atoms with Crippen LogP contribution in [0.4, 0.5) is 10.6 Å². The van der Waals surface area contributed by atoms with Crippen LogP contribution in [0.2, 0.25) is 0 Å². The number of rotatable bonds is 2. The minimum Gasteiger partial charge on any atom is -0.444 e. The molecule has 1 amide bonds. The van der Waals surface area contributed by atoms with E-state index >= 15 is 0 Å². The maximum absolute atomic E-state index is 12.2. The number of fused-ring (bicyclic) bond motifs is 1. The molecule has 0 atom stereocenters. The number of piperidine rings is 1. The second-order valence-electron chi connectivity index (χ2n) is 7.25. The molecule has 2 aromatic rings. The first kappa shape index (κ1) is 16.5. The Morgan fingerprint density at radius 1 is 1.33 bits per heavy atom. The standard InChI is InChI=1S/C17H25N5O2/c1-17(2,3)24-16(23)21(4)12-6-9-22(10-7-12)15-13-5-8-18-14(13)19-11-20-15/h5,8,11-12H,6-7,9-10H2,1-4H3,(H,18,19,20). The molecule has 0 bridgehead atoms. The smallest absolute Gasteiger partial charge is 0.410 e. The molecule has 7 nitrogen and oxygen atoms in total. The van der Waals surface area contributed by atoms with Crippen LogP contribution in [0.5, 0.6) is 0 Å². The van der Waals surface area contributed by atoms with Gasteiger partial charge in [-0.05, 0) is 39.7 Å². The van der Waals surface area contributed by atoms with Crippen molar-refractivity contribution < 1.29 is 9.53 Å². The van der Waals surface area contributed by atoms with E-state index in [1.807, 2.05) is 40.1 Å². The number of anilines is 1. The number of carbonyl (C=O) groups is 1. The van der Waals surface area contributed by atoms with Gasteiger partial charge < -0.3 is 19.5 Å². The van der Waals surface area contributed by atoms with E-state index in [9.17, 15) is 4.79 Å². The first-order valence-corrected chi connectivity index (χ1v) is 8.34. The first-order valence-electron chi connectivity index (χ1n) is 8.34. The van der Waals surface area contributed by atoms with Crippen molar-refractivity contribution in [1.82, 2.24) is 19.9 Å². The predicted molar refractivity (Wildman–Crippen MR) is 93.1 cm³/mol. The Morgan fingerprint density at radius 3 is 2.71 bits per heavy atom. The van der Waals surface area contributed by atoms with E-state index in [1.165, 1.54) is 0 Å². The maximum Gasteiger partial charge on any atom is 0.410 e. The van der Waals surface area contributed by atoms with E-state index in [0.29, 0.717) is 0 Å². The van der Waals surface area contributed by atoms with Gasteiger partial charge >= 0.3 is 6.09 Å². The van der Waals surface area contributed by atoms with Gasteiger partial charge in [-0.1, -0.05) is 0 Å². The van der Waals surface area contributed by atoms with Crippen molar-refractivity contribution >= 4 is 22.9 Å². The topological polar surface area (TPSA) is 74.3 Å². The van der Waals surface area contributed by atoms with Crippen LogP contribution in [0.1, 0.15) is 33.6 Å². The maximum atomic E-state index is 12.2. The highest BCUT2D eigenvalue weighted by molar-refractivity contribution is 5.87. The molecule has 1 saturated heterocycles. The van der Waals surface area contributed by atoms with Crippen LogP contribution in [-0.2, 0) is 4.74 Å². The number of nitrogens with zero attached hydrogens (tertiary/aromatic N) is 4. The van der Waals surface area contributed by atoms with Crippen LogP contribution in [0.3, 0.4) is 0 Å². The molecule has 0 aliphatic carbocycles. The zero-order valence-electron chi connectivity index (χ0n) is 14.7. The fraction of sp³-hybridized carbons (Fsp3) is 0.588. The number of amides is 1. The summed E-state index contributed by atoms with van der Waals surface area (Å²) in [4.78, 5) is 28.0. The molecule has 3 rings (SSSR count). The van der Waals surface area contributed by atoms with Crippen LogP contribution in [0, 0.1) is 0 Å². The van der Waals surface area contributed by atoms with Crippen molar-refractivity contribution in [3.8, 4) is 0 Å². The third kappa shape index (κ3) is 3.44. The van der Waals surface area contributed by atoms with E-state index in [-0.39, 0.29) is 12.1 Å². The summed E-state index contributed by atoms with van der Waals surface area (Å²) in [6, 6.07) is 2.20. The van der Waals surface area contributed by atoms with Gasteiger partial charge in [-0.15, -0.1) is 0 Å². The number of ether oxygens (including phenoxy) is 1. The number of aromatic amines is 1. The summed E-state index contributed by atoms with van der Waals surface area (Å²) >= 11 is 0. The Morgan fingerprint density at radius 2 is 2.04 bits per heavy atom. The second-order valence-corrected chi connectivity index (χ2v) is 7.25. The quantitative estimate of drug-likeness (QED) is 0.916. The third-order valence-electron chi connectivity index (χ3n) is 4.33. The van der Waals surface area contributed by atoms with Crippen LogP contribution < -0.4 is 4.90 Å². The molecule has 1 fully saturated rings. The van der Waals surface area contributed by atoms with Crippen LogP contribution in [0.15, 0.2) is 18.6 Å². The molecule has 0 radical (unpaired) electrons. The molecule has 1 N–H and O–H groups in total. The van der Waals surface area contributed by atoms with Crippen LogP contribution >= 0.6 is 0 Å². The molecule has 0 spiro atoms. The van der Waals surface area contributed by atoms with Gasteiger partial charge in [0.15, 0.2) is 0 Å². The Hall–Kier alpha value is -2.31. The zero-order chi connectivity index (χ0) is 17.3. The lowest BCUT2D eigenvalue weighted by atomic mass is 10.0. The van der Waals surface area contributed by atoms with Crippen molar-refractivity contribution in [2.45, 2.75) is 45.3 Å². The van der Waals surface area contributed by atoms with Gasteiger partial charge in [0.2, 0.25) is 0 Å². The number of nitrogens with one attached hydrogen (secondary N) is 1. The zero-order valence-corrected chi connectivity index (χ0v) is 14.7. The molecule has 7 heteroatoms. The second kappa shape index (κ2) is 6.30. The summed E-state index contributed by atoms with van der Waals surface area (Å²) in [7, 11) is 1.82. The molecule has 1 aliphatic heterocycles. The minimum absolute atomic E-state index is 0.194. The van der Waals surface area contributed by atoms with Crippen molar-refractivity contribution in [1.29, 1.82) is 0 Å². The first-order chi connectivity index (χ1) is 11.3. The molecule has 0 aromatic carbocycles. The fourth-order valence-electron chi connectivity index (χ4n) is 3.06. The SMILES string of the molecule is CN(C(=O)OC(C)(C)C)C1CCN(c2ncnc3[nH]ccc23)CC1. The van der Waals surface area contributed by atoms with Gasteiger partial charge in [0.1, 0.15) is 23.4 Å². The molecular weight excluding hydrogens is 306 g/mol. The van der Waals surface area contributed by atoms with E-state index in [0.717, 1.165) is 42.8 Å². The van der Waals surface area contributed by atoms with E-state index in [1.54, 1.807) is 11.2 Å². The summed E-state index contributed by atoms with van der Waals surface area (Å²) in [6.07, 6.45) is 5.01. The molecule has 24 heavy (non-hydrogen) atoms. The normalized spacial score (nSPS) is 16.4. The fourth-order valence-corrected chi connectivity index (χ4v) is 3.06. The summed E-state index contributed by atoms with van der Waals surface area (Å²) < 4.78 is 5.46. The number of hydrogen-bond acceptors (Lipinski definition) is 5. The molecule has 2 aromatic heterocycles. The van der Waals surface area contributed by atoms with Gasteiger partial charge in [-0.2, -0.15) is 0 Å². The van der Waals surface area contributed by atoms with Gasteiger partial charge in [0.05, 0.1) is 5.39 Å². The van der Waals surface area contributed by atoms with Crippen molar-refractivity contribution in [2.24, 2.45) is 0 Å². The Kier molecular flexibility index (Phi) is 4.34. The highest BCUT2D eigenvalue weighted by atomic mass is 16.6. The molecule has 0 unspecified atom stereocenters. The predicted octanol–water partition coefficient (Wildman–Crippen LogP) is 2.79. The summed E-state index contributed by atoms with van der Waals surface area (Å²) in [6.45, 7) is 7.37. The van der Waals surface area contributed by atoms with E-state index < -0.39 is 5.60 Å². The molecule has 130 valence electrons. The summed E-state index contributed by atoms with van der Waals surface area (Å²) in [5.74, 6) is 0.958. The molecule has 1 aliphatic rings. The monoisotopic (exact) mass is 331 g/mol. The molecular formula is C17H25N5O2. The number of aromatic nitrogens is 3. The highest BCUT2D eigenvalue weighted by Crippen LogP contribution is 2.26. The number of hydrogen-bond donors (Lipinski definition) is 1. The van der Waals surface area contributed by atoms with Gasteiger partial charge in [0, 0.05) is 32.4 Å². The lowest BCUT2D eigenvalue weighted by Crippen LogP contribution is -2.47. The number of carbonyl (C=O) groups excluding carboxylic acids is 1. The average molecular weight is 331 g/mol. The third-order valence-corrected chi connectivity index (χ3v) is 4.33. The molecule has 3 heterocycles. The Balaban J connectivity index is 1.63. The van der Waals surface area contributed by atoms with Gasteiger partial charge in [-0.3, -0.25) is 0 Å². The highest BCUT2D eigenvalue weighted by Gasteiger charge is 2.29. The number of H-pyrrole nitrogens is 1. The van der Waals surface area contributed by atoms with E-state index in [2.05, 4.69) is 19.9 Å². The van der Waals surface area contributed by atoms with Gasteiger partial charge in [-0.25, -0.2) is 14.8 Å². The average Bonchev–Trinajstić information content (AvgIpc) is 3.01. The largest absolute Gasteiger partial charge is 0.444 e. The lowest BCUT2D eigenvalue weighted by Gasteiger charge is -2.37. The summed E-state index contributed by atoms with van der Waals surface area (Å²) in [5, 5.41) is 1.04. The lowest BCUT2D eigenvalue weighted by molar-refractivity contribution is 0.0201. The van der Waals surface area contributed by atoms with E-state index in [4.69, 9.17) is 4.74 Å². The van der Waals surface area contributed by atoms with Crippen LogP contribution in [0.25, 0.3) is 11.0 Å². The summed E-state index contributed by atoms with van der Waals surface area (Å²) in [5.41, 5.74) is 0.389.